The van der Waals surface area contributed by atoms with Crippen LogP contribution >= 0.6 is 0 Å². The second-order valence-electron chi connectivity index (χ2n) is 3.81. The fourth-order valence-electron chi connectivity index (χ4n) is 1.64. The van der Waals surface area contributed by atoms with Gasteiger partial charge < -0.3 is 18.9 Å². The van der Waals surface area contributed by atoms with E-state index in [1.807, 2.05) is 0 Å². The molecule has 6 heteroatoms. The lowest BCUT2D eigenvalue weighted by atomic mass is 10.1. The Bertz CT molecular complexity index is 275. The van der Waals surface area contributed by atoms with Gasteiger partial charge in [-0.15, -0.1) is 0 Å². The molecule has 1 aliphatic rings. The predicted octanol–water partition coefficient (Wildman–Crippen LogP) is 0.633. The minimum absolute atomic E-state index is 0.413. The van der Waals surface area contributed by atoms with E-state index in [1.165, 1.54) is 14.2 Å². The third-order valence-electron chi connectivity index (χ3n) is 2.58. The first-order chi connectivity index (χ1) is 8.08. The summed E-state index contributed by atoms with van der Waals surface area (Å²) in [6, 6.07) is 0. The lowest BCUT2D eigenvalue weighted by Crippen LogP contribution is -2.38. The summed E-state index contributed by atoms with van der Waals surface area (Å²) in [4.78, 5) is 22.5. The standard InChI is InChI=1S/C11H18O6/c1-7(10(12)14-2)16-9-6-4-5-8(17-9)11(13)15-3/h7-9H,4-6H2,1-3H3/t7-,8+,9+/m0/s1. The molecule has 1 saturated heterocycles. The molecule has 0 N–H and O–H groups in total. The van der Waals surface area contributed by atoms with Crippen molar-refractivity contribution in [3.05, 3.63) is 0 Å². The average Bonchev–Trinajstić information content (AvgIpc) is 2.37. The van der Waals surface area contributed by atoms with Gasteiger partial charge in [0.15, 0.2) is 18.5 Å². The summed E-state index contributed by atoms with van der Waals surface area (Å²) in [6.45, 7) is 1.58. The number of carbonyl (C=O) groups excluding carboxylic acids is 2. The third-order valence-corrected chi connectivity index (χ3v) is 2.58. The minimum Gasteiger partial charge on any atom is -0.467 e. The van der Waals surface area contributed by atoms with Crippen LogP contribution in [0.2, 0.25) is 0 Å². The van der Waals surface area contributed by atoms with Crippen LogP contribution < -0.4 is 0 Å². The van der Waals surface area contributed by atoms with Crippen molar-refractivity contribution in [3.8, 4) is 0 Å². The van der Waals surface area contributed by atoms with Crippen molar-refractivity contribution in [2.24, 2.45) is 0 Å². The van der Waals surface area contributed by atoms with Crippen LogP contribution in [0, 0.1) is 0 Å². The summed E-state index contributed by atoms with van der Waals surface area (Å²) in [6.07, 6.45) is 0.165. The average molecular weight is 246 g/mol. The first-order valence-corrected chi connectivity index (χ1v) is 5.55. The first kappa shape index (κ1) is 13.9. The summed E-state index contributed by atoms with van der Waals surface area (Å²) >= 11 is 0. The van der Waals surface area contributed by atoms with Crippen molar-refractivity contribution in [3.63, 3.8) is 0 Å². The van der Waals surface area contributed by atoms with Gasteiger partial charge in [0.2, 0.25) is 0 Å². The molecule has 98 valence electrons. The van der Waals surface area contributed by atoms with E-state index >= 15 is 0 Å². The fourth-order valence-corrected chi connectivity index (χ4v) is 1.64. The van der Waals surface area contributed by atoms with E-state index in [2.05, 4.69) is 9.47 Å². The number of carbonyl (C=O) groups is 2. The van der Waals surface area contributed by atoms with Crippen molar-refractivity contribution >= 4 is 11.9 Å². The van der Waals surface area contributed by atoms with E-state index in [0.717, 1.165) is 6.42 Å². The number of esters is 2. The molecule has 0 amide bonds. The van der Waals surface area contributed by atoms with Gasteiger partial charge in [0.1, 0.15) is 0 Å². The van der Waals surface area contributed by atoms with Crippen LogP contribution in [0.1, 0.15) is 26.2 Å². The summed E-state index contributed by atoms with van der Waals surface area (Å²) in [7, 11) is 2.61. The van der Waals surface area contributed by atoms with Crippen molar-refractivity contribution in [2.75, 3.05) is 14.2 Å². The molecule has 0 aromatic rings. The zero-order valence-electron chi connectivity index (χ0n) is 10.3. The van der Waals surface area contributed by atoms with Crippen molar-refractivity contribution < 1.29 is 28.5 Å². The van der Waals surface area contributed by atoms with Crippen LogP contribution in [0.5, 0.6) is 0 Å². The molecule has 1 heterocycles. The van der Waals surface area contributed by atoms with Crippen LogP contribution in [0.3, 0.4) is 0 Å². The van der Waals surface area contributed by atoms with Gasteiger partial charge in [-0.25, -0.2) is 9.59 Å². The highest BCUT2D eigenvalue weighted by Gasteiger charge is 2.31. The SMILES string of the molecule is COC(=O)[C@H](C)O[C@H]1CCC[C@H](C(=O)OC)O1. The van der Waals surface area contributed by atoms with Crippen LogP contribution in [0.4, 0.5) is 0 Å². The normalized spacial score (nSPS) is 26.1. The van der Waals surface area contributed by atoms with Gasteiger partial charge in [-0.3, -0.25) is 0 Å². The van der Waals surface area contributed by atoms with Crippen LogP contribution in [-0.4, -0.2) is 44.7 Å². The smallest absolute Gasteiger partial charge is 0.335 e. The Morgan fingerprint density at radius 3 is 2.53 bits per heavy atom. The van der Waals surface area contributed by atoms with Gasteiger partial charge >= 0.3 is 11.9 Å². The highest BCUT2D eigenvalue weighted by molar-refractivity contribution is 5.74. The Hall–Kier alpha value is -1.14. The largest absolute Gasteiger partial charge is 0.467 e. The lowest BCUT2D eigenvalue weighted by molar-refractivity contribution is -0.224. The van der Waals surface area contributed by atoms with E-state index in [-0.39, 0.29) is 0 Å². The number of hydrogen-bond acceptors (Lipinski definition) is 6. The van der Waals surface area contributed by atoms with E-state index in [1.54, 1.807) is 6.92 Å². The minimum atomic E-state index is -0.707. The second kappa shape index (κ2) is 6.56. The van der Waals surface area contributed by atoms with Crippen molar-refractivity contribution in [2.45, 2.75) is 44.7 Å². The molecule has 0 aromatic carbocycles. The zero-order chi connectivity index (χ0) is 12.8. The first-order valence-electron chi connectivity index (χ1n) is 5.55. The van der Waals surface area contributed by atoms with Crippen molar-refractivity contribution in [1.29, 1.82) is 0 Å². The van der Waals surface area contributed by atoms with E-state index < -0.39 is 30.4 Å². The van der Waals surface area contributed by atoms with E-state index in [0.29, 0.717) is 12.8 Å². The lowest BCUT2D eigenvalue weighted by Gasteiger charge is -2.29. The van der Waals surface area contributed by atoms with E-state index in [4.69, 9.17) is 9.47 Å². The molecular formula is C11H18O6. The maximum atomic E-state index is 11.3. The molecule has 6 nitrogen and oxygen atoms in total. The fraction of sp³-hybridized carbons (Fsp3) is 0.818. The molecule has 17 heavy (non-hydrogen) atoms. The van der Waals surface area contributed by atoms with Gasteiger partial charge in [-0.1, -0.05) is 0 Å². The monoisotopic (exact) mass is 246 g/mol. The molecule has 1 aliphatic heterocycles. The molecule has 0 bridgehead atoms. The second-order valence-corrected chi connectivity index (χ2v) is 3.81. The van der Waals surface area contributed by atoms with Gasteiger partial charge in [0.05, 0.1) is 14.2 Å². The molecule has 0 aliphatic carbocycles. The highest BCUT2D eigenvalue weighted by atomic mass is 16.7. The highest BCUT2D eigenvalue weighted by Crippen LogP contribution is 2.21. The van der Waals surface area contributed by atoms with Crippen LogP contribution in [-0.2, 0) is 28.5 Å². The number of ether oxygens (including phenoxy) is 4. The van der Waals surface area contributed by atoms with Gasteiger partial charge in [0, 0.05) is 0 Å². The molecule has 1 fully saturated rings. The van der Waals surface area contributed by atoms with Crippen molar-refractivity contribution in [1.82, 2.24) is 0 Å². The van der Waals surface area contributed by atoms with Gasteiger partial charge in [0.25, 0.3) is 0 Å². The molecule has 1 rings (SSSR count). The Balaban J connectivity index is 2.44. The predicted molar refractivity (Wildman–Crippen MR) is 57.1 cm³/mol. The molecule has 0 saturated carbocycles. The quantitative estimate of drug-likeness (QED) is 0.678. The molecule has 0 unspecified atom stereocenters. The third kappa shape index (κ3) is 3.98. The zero-order valence-corrected chi connectivity index (χ0v) is 10.3. The molecule has 3 atom stereocenters. The molecule has 0 spiro atoms. The Morgan fingerprint density at radius 1 is 1.24 bits per heavy atom. The van der Waals surface area contributed by atoms with Crippen LogP contribution in [0.15, 0.2) is 0 Å². The summed E-state index contributed by atoms with van der Waals surface area (Å²) in [5, 5.41) is 0. The molecule has 0 radical (unpaired) electrons. The number of methoxy groups -OCH3 is 2. The number of hydrogen-bond donors (Lipinski definition) is 0. The summed E-state index contributed by atoms with van der Waals surface area (Å²) in [5.74, 6) is -0.877. The van der Waals surface area contributed by atoms with Gasteiger partial charge in [-0.05, 0) is 26.2 Å². The maximum absolute atomic E-state index is 11.3. The maximum Gasteiger partial charge on any atom is 0.335 e. The van der Waals surface area contributed by atoms with Gasteiger partial charge in [-0.2, -0.15) is 0 Å². The Morgan fingerprint density at radius 2 is 1.94 bits per heavy atom. The molecular weight excluding hydrogens is 228 g/mol. The molecule has 0 aromatic heterocycles. The van der Waals surface area contributed by atoms with E-state index in [9.17, 15) is 9.59 Å². The Labute approximate surface area is 100 Å². The van der Waals surface area contributed by atoms with Crippen LogP contribution in [0.25, 0.3) is 0 Å². The number of rotatable bonds is 4. The topological polar surface area (TPSA) is 71.1 Å². The summed E-state index contributed by atoms with van der Waals surface area (Å²) in [5.41, 5.74) is 0. The Kier molecular flexibility index (Phi) is 5.37. The summed E-state index contributed by atoms with van der Waals surface area (Å²) < 4.78 is 19.9.